The van der Waals surface area contributed by atoms with Crippen LogP contribution in [0.2, 0.25) is 0 Å². The van der Waals surface area contributed by atoms with Crippen LogP contribution in [0.1, 0.15) is 25.3 Å². The number of nitrogens with zero attached hydrogens (tertiary/aromatic N) is 3. The molecule has 0 saturated heterocycles. The lowest BCUT2D eigenvalue weighted by Gasteiger charge is -2.35. The third-order valence-corrected chi connectivity index (χ3v) is 5.76. The Morgan fingerprint density at radius 3 is 2.26 bits per heavy atom. The molecule has 0 radical (unpaired) electrons. The first-order chi connectivity index (χ1) is 13.1. The van der Waals surface area contributed by atoms with Crippen LogP contribution in [0.25, 0.3) is 11.1 Å². The monoisotopic (exact) mass is 363 g/mol. The summed E-state index contributed by atoms with van der Waals surface area (Å²) in [5.41, 5.74) is 2.20. The maximum absolute atomic E-state index is 11.7. The lowest BCUT2D eigenvalue weighted by Crippen LogP contribution is -2.39. The second-order valence-corrected chi connectivity index (χ2v) is 7.45. The number of hydrogen-bond donors (Lipinski definition) is 1. The van der Waals surface area contributed by atoms with Crippen molar-refractivity contribution in [2.24, 2.45) is 11.8 Å². The zero-order valence-corrected chi connectivity index (χ0v) is 15.7. The number of hydrogen-bond acceptors (Lipinski definition) is 4. The van der Waals surface area contributed by atoms with E-state index in [1.807, 2.05) is 36.4 Å². The van der Waals surface area contributed by atoms with E-state index in [4.69, 9.17) is 4.74 Å². The van der Waals surface area contributed by atoms with Crippen LogP contribution in [-0.4, -0.2) is 27.0 Å². The molecule has 1 N–H and O–H groups in total. The van der Waals surface area contributed by atoms with Gasteiger partial charge in [0.15, 0.2) is 0 Å². The van der Waals surface area contributed by atoms with Gasteiger partial charge in [0.25, 0.3) is 0 Å². The maximum atomic E-state index is 11.7. The Morgan fingerprint density at radius 1 is 1.11 bits per heavy atom. The van der Waals surface area contributed by atoms with Crippen LogP contribution < -0.4 is 4.74 Å². The SMILES string of the molecule is COc1ccc(-c2ccc(C(O)(Cn3cncn3)C(C)C3CC3)cc2)cc1. The topological polar surface area (TPSA) is 60.2 Å². The minimum Gasteiger partial charge on any atom is -0.497 e. The van der Waals surface area contributed by atoms with Gasteiger partial charge in [0.05, 0.1) is 13.7 Å². The molecule has 1 aromatic heterocycles. The summed E-state index contributed by atoms with van der Waals surface area (Å²) < 4.78 is 6.95. The molecule has 3 aromatic rings. The van der Waals surface area contributed by atoms with Crippen LogP contribution in [0.5, 0.6) is 5.75 Å². The number of ether oxygens (including phenoxy) is 1. The minimum absolute atomic E-state index is 0.161. The normalized spacial score (nSPS) is 17.3. The highest BCUT2D eigenvalue weighted by atomic mass is 16.5. The maximum Gasteiger partial charge on any atom is 0.137 e. The van der Waals surface area contributed by atoms with E-state index >= 15 is 0 Å². The Kier molecular flexibility index (Phi) is 4.70. The summed E-state index contributed by atoms with van der Waals surface area (Å²) in [4.78, 5) is 4.02. The molecule has 0 spiro atoms. The number of aliphatic hydroxyl groups is 1. The lowest BCUT2D eigenvalue weighted by molar-refractivity contribution is -0.0442. The van der Waals surface area contributed by atoms with E-state index in [0.717, 1.165) is 22.4 Å². The highest BCUT2D eigenvalue weighted by Gasteiger charge is 2.44. The van der Waals surface area contributed by atoms with Crippen LogP contribution >= 0.6 is 0 Å². The van der Waals surface area contributed by atoms with Gasteiger partial charge >= 0.3 is 0 Å². The zero-order valence-electron chi connectivity index (χ0n) is 15.7. The fraction of sp³-hybridized carbons (Fsp3) is 0.364. The summed E-state index contributed by atoms with van der Waals surface area (Å²) in [5, 5.41) is 15.9. The van der Waals surface area contributed by atoms with E-state index in [9.17, 15) is 5.11 Å². The first-order valence-corrected chi connectivity index (χ1v) is 9.40. The zero-order chi connectivity index (χ0) is 18.9. The molecule has 1 aliphatic rings. The van der Waals surface area contributed by atoms with Crippen molar-refractivity contribution < 1.29 is 9.84 Å². The number of methoxy groups -OCH3 is 1. The molecule has 0 bridgehead atoms. The molecule has 0 aliphatic heterocycles. The second kappa shape index (κ2) is 7.16. The van der Waals surface area contributed by atoms with Gasteiger partial charge in [-0.2, -0.15) is 5.10 Å². The van der Waals surface area contributed by atoms with Crippen LogP contribution in [0.15, 0.2) is 61.2 Å². The predicted octanol–water partition coefficient (Wildman–Crippen LogP) is 3.89. The first kappa shape index (κ1) is 17.7. The third kappa shape index (κ3) is 3.60. The molecule has 2 unspecified atom stereocenters. The van der Waals surface area contributed by atoms with Crippen molar-refractivity contribution in [3.63, 3.8) is 0 Å². The van der Waals surface area contributed by atoms with E-state index in [0.29, 0.717) is 12.5 Å². The second-order valence-electron chi connectivity index (χ2n) is 7.45. The van der Waals surface area contributed by atoms with Crippen molar-refractivity contribution in [3.8, 4) is 16.9 Å². The molecule has 1 fully saturated rings. The fourth-order valence-electron chi connectivity index (χ4n) is 3.78. The van der Waals surface area contributed by atoms with Gasteiger partial charge in [-0.25, -0.2) is 9.67 Å². The first-order valence-electron chi connectivity index (χ1n) is 9.40. The van der Waals surface area contributed by atoms with Crippen LogP contribution in [0.4, 0.5) is 0 Å². The average molecular weight is 363 g/mol. The van der Waals surface area contributed by atoms with Crippen molar-refractivity contribution in [2.75, 3.05) is 7.11 Å². The predicted molar refractivity (Wildman–Crippen MR) is 104 cm³/mol. The molecule has 27 heavy (non-hydrogen) atoms. The molecule has 4 rings (SSSR count). The van der Waals surface area contributed by atoms with E-state index in [2.05, 4.69) is 29.1 Å². The Balaban J connectivity index is 1.63. The Labute approximate surface area is 159 Å². The van der Waals surface area contributed by atoms with Crippen molar-refractivity contribution in [1.82, 2.24) is 14.8 Å². The quantitative estimate of drug-likeness (QED) is 0.692. The molecule has 5 heteroatoms. The van der Waals surface area contributed by atoms with Gasteiger partial charge in [0.2, 0.25) is 0 Å². The molecule has 1 aliphatic carbocycles. The number of rotatable bonds is 7. The Hall–Kier alpha value is -2.66. The largest absolute Gasteiger partial charge is 0.497 e. The third-order valence-electron chi connectivity index (χ3n) is 5.76. The van der Waals surface area contributed by atoms with E-state index in [1.165, 1.54) is 19.2 Å². The van der Waals surface area contributed by atoms with E-state index in [-0.39, 0.29) is 5.92 Å². The molecule has 2 aromatic carbocycles. The molecular weight excluding hydrogens is 338 g/mol. The van der Waals surface area contributed by atoms with Crippen molar-refractivity contribution >= 4 is 0 Å². The standard InChI is InChI=1S/C22H25N3O2/c1-16(17-3-4-17)22(26,13-25-15-23-14-24-25)20-9-5-18(6-10-20)19-7-11-21(27-2)12-8-19/h5-12,14-17,26H,3-4,13H2,1-2H3. The fourth-order valence-corrected chi connectivity index (χ4v) is 3.78. The highest BCUT2D eigenvalue weighted by molar-refractivity contribution is 5.64. The minimum atomic E-state index is -0.965. The molecule has 0 amide bonds. The summed E-state index contributed by atoms with van der Waals surface area (Å²) in [6.07, 6.45) is 5.54. The lowest BCUT2D eigenvalue weighted by atomic mass is 9.79. The van der Waals surface area contributed by atoms with Crippen molar-refractivity contribution in [1.29, 1.82) is 0 Å². The summed E-state index contributed by atoms with van der Waals surface area (Å²) >= 11 is 0. The van der Waals surface area contributed by atoms with Crippen LogP contribution in [0.3, 0.4) is 0 Å². The smallest absolute Gasteiger partial charge is 0.137 e. The highest BCUT2D eigenvalue weighted by Crippen LogP contribution is 2.46. The molecule has 5 nitrogen and oxygen atoms in total. The molecule has 1 saturated carbocycles. The van der Waals surface area contributed by atoms with Gasteiger partial charge in [0.1, 0.15) is 24.0 Å². The van der Waals surface area contributed by atoms with E-state index < -0.39 is 5.60 Å². The number of benzene rings is 2. The van der Waals surface area contributed by atoms with Crippen molar-refractivity contribution in [2.45, 2.75) is 31.9 Å². The molecule has 2 atom stereocenters. The van der Waals surface area contributed by atoms with Crippen LogP contribution in [-0.2, 0) is 12.1 Å². The van der Waals surface area contributed by atoms with Gasteiger partial charge in [-0.05, 0) is 53.5 Å². The van der Waals surface area contributed by atoms with Gasteiger partial charge in [-0.1, -0.05) is 43.3 Å². The Morgan fingerprint density at radius 2 is 1.74 bits per heavy atom. The van der Waals surface area contributed by atoms with Gasteiger partial charge in [0, 0.05) is 0 Å². The van der Waals surface area contributed by atoms with Gasteiger partial charge < -0.3 is 9.84 Å². The van der Waals surface area contributed by atoms with Gasteiger partial charge in [-0.3, -0.25) is 0 Å². The van der Waals surface area contributed by atoms with Crippen LogP contribution in [0, 0.1) is 11.8 Å². The van der Waals surface area contributed by atoms with Crippen molar-refractivity contribution in [3.05, 3.63) is 66.7 Å². The van der Waals surface area contributed by atoms with Gasteiger partial charge in [-0.15, -0.1) is 0 Å². The summed E-state index contributed by atoms with van der Waals surface area (Å²) in [6, 6.07) is 16.2. The average Bonchev–Trinajstić information content (AvgIpc) is 3.44. The summed E-state index contributed by atoms with van der Waals surface area (Å²) in [7, 11) is 1.67. The summed E-state index contributed by atoms with van der Waals surface area (Å²) in [6.45, 7) is 2.55. The van der Waals surface area contributed by atoms with E-state index in [1.54, 1.807) is 18.1 Å². The molecule has 140 valence electrons. The molecular formula is C22H25N3O2. The molecule has 1 heterocycles. The Bertz CT molecular complexity index is 871. The number of aromatic nitrogens is 3. The summed E-state index contributed by atoms with van der Waals surface area (Å²) in [5.74, 6) is 1.57.